The van der Waals surface area contributed by atoms with Gasteiger partial charge < -0.3 is 24.6 Å². The lowest BCUT2D eigenvalue weighted by molar-refractivity contribution is -0.929. The molecule has 2 N–H and O–H groups in total. The van der Waals surface area contributed by atoms with Gasteiger partial charge in [0, 0.05) is 31.1 Å². The Kier molecular flexibility index (Phi) is 25.7. The second-order valence-electron chi connectivity index (χ2n) is 13.7. The molecule has 0 amide bonds. The first-order valence-electron chi connectivity index (χ1n) is 18.1. The SMILES string of the molecule is CCCCCCCCCCCCCCCCCCCCC[N+](CCC(C)C(=O)[O-])(CCC(C)C(=O)O)CCC(C)C(=O)O. The smallest absolute Gasteiger partial charge is 0.306 e. The predicted octanol–water partition coefficient (Wildman–Crippen LogP) is 8.23. The van der Waals surface area contributed by atoms with E-state index in [-0.39, 0.29) is 0 Å². The molecule has 0 heterocycles. The minimum absolute atomic E-state index is 0.449. The van der Waals surface area contributed by atoms with E-state index in [1.165, 1.54) is 109 Å². The van der Waals surface area contributed by atoms with Crippen molar-refractivity contribution in [1.29, 1.82) is 0 Å². The molecule has 0 saturated carbocycles. The minimum atomic E-state index is -1.07. The molecule has 0 fully saturated rings. The van der Waals surface area contributed by atoms with Gasteiger partial charge in [-0.3, -0.25) is 9.59 Å². The van der Waals surface area contributed by atoms with Gasteiger partial charge in [0.2, 0.25) is 0 Å². The van der Waals surface area contributed by atoms with Crippen molar-refractivity contribution in [2.24, 2.45) is 17.8 Å². The topological polar surface area (TPSA) is 115 Å². The molecule has 0 aromatic heterocycles. The maximum atomic E-state index is 11.5. The molecule has 0 spiro atoms. The zero-order valence-corrected chi connectivity index (χ0v) is 28.6. The van der Waals surface area contributed by atoms with E-state index in [4.69, 9.17) is 0 Å². The molecule has 254 valence electrons. The number of carboxylic acids is 3. The van der Waals surface area contributed by atoms with Gasteiger partial charge in [-0.15, -0.1) is 0 Å². The molecule has 0 aromatic carbocycles. The van der Waals surface area contributed by atoms with E-state index in [0.29, 0.717) is 43.4 Å². The second-order valence-corrected chi connectivity index (χ2v) is 13.7. The van der Waals surface area contributed by atoms with Crippen LogP contribution in [0.4, 0.5) is 0 Å². The van der Waals surface area contributed by atoms with Crippen molar-refractivity contribution in [2.75, 3.05) is 26.2 Å². The molecule has 0 rings (SSSR count). The normalized spacial score (nSPS) is 15.1. The molecular weight excluding hydrogens is 542 g/mol. The van der Waals surface area contributed by atoms with Crippen molar-refractivity contribution in [3.8, 4) is 0 Å². The minimum Gasteiger partial charge on any atom is -0.550 e. The van der Waals surface area contributed by atoms with E-state index in [1.807, 2.05) is 0 Å². The molecule has 3 atom stereocenters. The van der Waals surface area contributed by atoms with Crippen LogP contribution in [-0.4, -0.2) is 58.8 Å². The number of aliphatic carboxylic acids is 3. The molecular formula is C36H69NO6. The van der Waals surface area contributed by atoms with Crippen molar-refractivity contribution in [3.63, 3.8) is 0 Å². The molecule has 0 aliphatic carbocycles. The number of quaternary nitrogens is 1. The Morgan fingerprint density at radius 2 is 0.767 bits per heavy atom. The fourth-order valence-electron chi connectivity index (χ4n) is 5.96. The summed E-state index contributed by atoms with van der Waals surface area (Å²) >= 11 is 0. The van der Waals surface area contributed by atoms with Gasteiger partial charge in [-0.2, -0.15) is 0 Å². The molecule has 0 aliphatic rings. The number of hydrogen-bond donors (Lipinski definition) is 2. The second kappa shape index (κ2) is 26.7. The third-order valence-corrected chi connectivity index (χ3v) is 9.59. The first-order chi connectivity index (χ1) is 20.5. The van der Waals surface area contributed by atoms with Crippen molar-refractivity contribution >= 4 is 17.9 Å². The zero-order chi connectivity index (χ0) is 32.3. The van der Waals surface area contributed by atoms with Crippen LogP contribution in [0.5, 0.6) is 0 Å². The van der Waals surface area contributed by atoms with Crippen molar-refractivity contribution in [1.82, 2.24) is 0 Å². The maximum Gasteiger partial charge on any atom is 0.306 e. The van der Waals surface area contributed by atoms with Gasteiger partial charge in [-0.1, -0.05) is 137 Å². The van der Waals surface area contributed by atoms with E-state index in [2.05, 4.69) is 6.92 Å². The Hall–Kier alpha value is -1.63. The highest BCUT2D eigenvalue weighted by atomic mass is 16.4. The van der Waals surface area contributed by atoms with E-state index < -0.39 is 35.7 Å². The van der Waals surface area contributed by atoms with Crippen LogP contribution >= 0.6 is 0 Å². The highest BCUT2D eigenvalue weighted by molar-refractivity contribution is 5.69. The molecule has 0 bridgehead atoms. The number of nitrogens with zero attached hydrogens (tertiary/aromatic N) is 1. The van der Waals surface area contributed by atoms with Crippen molar-refractivity contribution in [2.45, 2.75) is 169 Å². The lowest BCUT2D eigenvalue weighted by Gasteiger charge is -2.41. The van der Waals surface area contributed by atoms with Gasteiger partial charge in [0.1, 0.15) is 0 Å². The third kappa shape index (κ3) is 23.4. The number of hydrogen-bond acceptors (Lipinski definition) is 4. The van der Waals surface area contributed by atoms with Gasteiger partial charge in [-0.25, -0.2) is 0 Å². The molecule has 0 saturated heterocycles. The standard InChI is InChI=1S/C36H69NO6/c1-5-6-7-8-9-10-11-12-13-14-15-16-17-18-19-20-21-22-23-27-37(28-24-31(2)34(38)39,29-25-32(3)35(40)41)30-26-33(4)36(42)43/h31-33H,5-30H2,1-4H3,(H2-,38,39,40,41,42,43). The van der Waals surface area contributed by atoms with Crippen LogP contribution in [0.2, 0.25) is 0 Å². The number of carboxylic acid groups (broad SMARTS) is 3. The summed E-state index contributed by atoms with van der Waals surface area (Å²) in [4.78, 5) is 34.4. The van der Waals surface area contributed by atoms with E-state index in [1.54, 1.807) is 20.8 Å². The lowest BCUT2D eigenvalue weighted by atomic mass is 10.0. The highest BCUT2D eigenvalue weighted by Crippen LogP contribution is 2.22. The summed E-state index contributed by atoms with van der Waals surface area (Å²) in [5.74, 6) is -4.29. The van der Waals surface area contributed by atoms with Gasteiger partial charge in [0.25, 0.3) is 0 Å². The van der Waals surface area contributed by atoms with Crippen LogP contribution in [-0.2, 0) is 14.4 Å². The zero-order valence-electron chi connectivity index (χ0n) is 28.6. The maximum absolute atomic E-state index is 11.5. The third-order valence-electron chi connectivity index (χ3n) is 9.59. The molecule has 0 radical (unpaired) electrons. The van der Waals surface area contributed by atoms with Gasteiger partial charge in [0.05, 0.1) is 38.0 Å². The van der Waals surface area contributed by atoms with Crippen molar-refractivity contribution < 1.29 is 34.2 Å². The van der Waals surface area contributed by atoms with Crippen LogP contribution in [0.15, 0.2) is 0 Å². The summed E-state index contributed by atoms with van der Waals surface area (Å²) in [6, 6.07) is 0. The van der Waals surface area contributed by atoms with Crippen LogP contribution in [0.25, 0.3) is 0 Å². The molecule has 3 unspecified atom stereocenters. The Morgan fingerprint density at radius 3 is 1.05 bits per heavy atom. The Morgan fingerprint density at radius 1 is 0.488 bits per heavy atom. The van der Waals surface area contributed by atoms with Gasteiger partial charge in [-0.05, 0) is 12.8 Å². The molecule has 43 heavy (non-hydrogen) atoms. The summed E-state index contributed by atoms with van der Waals surface area (Å²) in [5.41, 5.74) is 0. The van der Waals surface area contributed by atoms with Crippen LogP contribution < -0.4 is 5.11 Å². The highest BCUT2D eigenvalue weighted by Gasteiger charge is 2.30. The van der Waals surface area contributed by atoms with Crippen LogP contribution in [0.1, 0.15) is 169 Å². The summed E-state index contributed by atoms with van der Waals surface area (Å²) in [5, 5.41) is 30.3. The Bertz CT molecular complexity index is 652. The average molecular weight is 612 g/mol. The fraction of sp³-hybridized carbons (Fsp3) is 0.917. The Labute approximate surface area is 264 Å². The Balaban J connectivity index is 4.40. The lowest BCUT2D eigenvalue weighted by Crippen LogP contribution is -2.52. The molecule has 7 nitrogen and oxygen atoms in total. The van der Waals surface area contributed by atoms with E-state index >= 15 is 0 Å². The first kappa shape index (κ1) is 41.4. The fourth-order valence-corrected chi connectivity index (χ4v) is 5.96. The summed E-state index contributed by atoms with van der Waals surface area (Å²) < 4.78 is 0.589. The van der Waals surface area contributed by atoms with Crippen LogP contribution in [0, 0.1) is 17.8 Å². The van der Waals surface area contributed by atoms with Gasteiger partial charge in [0.15, 0.2) is 0 Å². The molecule has 0 aromatic rings. The van der Waals surface area contributed by atoms with E-state index in [9.17, 15) is 29.7 Å². The number of unbranched alkanes of at least 4 members (excludes halogenated alkanes) is 18. The van der Waals surface area contributed by atoms with Crippen LogP contribution in [0.3, 0.4) is 0 Å². The number of rotatable bonds is 32. The quantitative estimate of drug-likeness (QED) is 0.0585. The molecule has 0 aliphatic heterocycles. The monoisotopic (exact) mass is 612 g/mol. The average Bonchev–Trinajstić information content (AvgIpc) is 2.97. The summed E-state index contributed by atoms with van der Waals surface area (Å²) in [7, 11) is 0. The van der Waals surface area contributed by atoms with E-state index in [0.717, 1.165) is 19.4 Å². The van der Waals surface area contributed by atoms with Gasteiger partial charge >= 0.3 is 11.9 Å². The largest absolute Gasteiger partial charge is 0.550 e. The molecule has 7 heteroatoms. The first-order valence-corrected chi connectivity index (χ1v) is 18.1. The number of carbonyl (C=O) groups is 3. The number of carbonyl (C=O) groups excluding carboxylic acids is 1. The van der Waals surface area contributed by atoms with Crippen molar-refractivity contribution in [3.05, 3.63) is 0 Å². The summed E-state index contributed by atoms with van der Waals surface area (Å²) in [6.07, 6.45) is 26.5. The summed E-state index contributed by atoms with van der Waals surface area (Å²) in [6.45, 7) is 10.0. The predicted molar refractivity (Wildman–Crippen MR) is 175 cm³/mol.